The largest absolute Gasteiger partial charge is 0.244 e. The van der Waals surface area contributed by atoms with Gasteiger partial charge in [-0.25, -0.2) is 9.67 Å². The minimum absolute atomic E-state index is 0.351. The van der Waals surface area contributed by atoms with Gasteiger partial charge in [-0.15, -0.1) is 0 Å². The Morgan fingerprint density at radius 2 is 1.81 bits per heavy atom. The van der Waals surface area contributed by atoms with Crippen molar-refractivity contribution in [3.8, 4) is 0 Å². The van der Waals surface area contributed by atoms with E-state index in [4.69, 9.17) is 0 Å². The normalized spacial score (nSPS) is 11.9. The summed E-state index contributed by atoms with van der Waals surface area (Å²) in [6, 6.07) is 4.55. The van der Waals surface area contributed by atoms with E-state index in [9.17, 15) is 0 Å². The molecule has 0 aliphatic carbocycles. The van der Waals surface area contributed by atoms with Crippen LogP contribution in [0.2, 0.25) is 0 Å². The first-order valence-electron chi connectivity index (χ1n) is 5.86. The molecule has 0 fully saturated rings. The Balaban J connectivity index is 2.76. The fourth-order valence-corrected chi connectivity index (χ4v) is 1.92. The summed E-state index contributed by atoms with van der Waals surface area (Å²) in [5, 5.41) is 5.87. The number of fused-ring (bicyclic) bond motifs is 1. The van der Waals surface area contributed by atoms with Crippen LogP contribution in [0.25, 0.3) is 11.0 Å². The Hall–Kier alpha value is -1.38. The first kappa shape index (κ1) is 11.1. The summed E-state index contributed by atoms with van der Waals surface area (Å²) in [4.78, 5) is 4.60. The van der Waals surface area contributed by atoms with Crippen LogP contribution in [0.4, 0.5) is 0 Å². The fraction of sp³-hybridized carbons (Fsp3) is 0.538. The fourth-order valence-electron chi connectivity index (χ4n) is 1.92. The van der Waals surface area contributed by atoms with E-state index in [-0.39, 0.29) is 0 Å². The maximum absolute atomic E-state index is 4.68. The number of rotatable bonds is 2. The molecule has 0 atom stereocenters. The van der Waals surface area contributed by atoms with Gasteiger partial charge in [0.05, 0.1) is 5.69 Å². The highest BCUT2D eigenvalue weighted by Crippen LogP contribution is 2.25. The van der Waals surface area contributed by atoms with E-state index in [1.165, 1.54) is 5.39 Å². The van der Waals surface area contributed by atoms with Crippen LogP contribution < -0.4 is 0 Å². The predicted molar refractivity (Wildman–Crippen MR) is 66.7 cm³/mol. The van der Waals surface area contributed by atoms with E-state index in [1.807, 2.05) is 11.6 Å². The molecular formula is C13H19N3. The molecule has 0 aliphatic rings. The lowest BCUT2D eigenvalue weighted by molar-refractivity contribution is 0.535. The van der Waals surface area contributed by atoms with Crippen molar-refractivity contribution < 1.29 is 0 Å². The molecule has 0 radical (unpaired) electrons. The summed E-state index contributed by atoms with van der Waals surface area (Å²) < 4.78 is 2.03. The van der Waals surface area contributed by atoms with E-state index in [0.29, 0.717) is 12.0 Å². The highest BCUT2D eigenvalue weighted by Gasteiger charge is 2.15. The first-order valence-corrected chi connectivity index (χ1v) is 5.86. The number of aromatic nitrogens is 3. The molecule has 0 spiro atoms. The molecule has 0 amide bonds. The zero-order valence-electron chi connectivity index (χ0n) is 10.7. The van der Waals surface area contributed by atoms with Gasteiger partial charge in [0, 0.05) is 17.1 Å². The number of nitrogens with zero attached hydrogens (tertiary/aromatic N) is 3. The van der Waals surface area contributed by atoms with Gasteiger partial charge in [-0.1, -0.05) is 13.8 Å². The molecule has 2 rings (SSSR count). The summed E-state index contributed by atoms with van der Waals surface area (Å²) >= 11 is 0. The van der Waals surface area contributed by atoms with E-state index in [0.717, 1.165) is 17.0 Å². The Labute approximate surface area is 96.5 Å². The van der Waals surface area contributed by atoms with Crippen LogP contribution >= 0.6 is 0 Å². The Morgan fingerprint density at radius 1 is 1.12 bits per heavy atom. The Bertz CT molecular complexity index is 509. The van der Waals surface area contributed by atoms with Gasteiger partial charge in [-0.2, -0.15) is 5.10 Å². The lowest BCUT2D eigenvalue weighted by atomic mass is 10.1. The second kappa shape index (κ2) is 3.89. The minimum Gasteiger partial charge on any atom is -0.244 e. The second-order valence-electron chi connectivity index (χ2n) is 4.90. The van der Waals surface area contributed by atoms with Gasteiger partial charge in [0.1, 0.15) is 0 Å². The Morgan fingerprint density at radius 3 is 2.38 bits per heavy atom. The minimum atomic E-state index is 0.351. The highest BCUT2D eigenvalue weighted by atomic mass is 15.3. The molecular weight excluding hydrogens is 198 g/mol. The summed E-state index contributed by atoms with van der Waals surface area (Å²) in [6.45, 7) is 10.6. The molecule has 0 aromatic carbocycles. The van der Waals surface area contributed by atoms with Crippen molar-refractivity contribution in [3.63, 3.8) is 0 Å². The van der Waals surface area contributed by atoms with Crippen molar-refractivity contribution in [2.24, 2.45) is 0 Å². The Kier molecular flexibility index (Phi) is 2.70. The monoisotopic (exact) mass is 217 g/mol. The zero-order chi connectivity index (χ0) is 11.9. The number of hydrogen-bond acceptors (Lipinski definition) is 2. The third-order valence-corrected chi connectivity index (χ3v) is 2.76. The molecule has 3 heteroatoms. The summed E-state index contributed by atoms with van der Waals surface area (Å²) in [7, 11) is 0. The molecule has 0 bridgehead atoms. The third kappa shape index (κ3) is 1.70. The second-order valence-corrected chi connectivity index (χ2v) is 4.90. The molecule has 0 saturated heterocycles. The van der Waals surface area contributed by atoms with Crippen LogP contribution in [0.15, 0.2) is 12.1 Å². The van der Waals surface area contributed by atoms with Crippen molar-refractivity contribution in [1.29, 1.82) is 0 Å². The van der Waals surface area contributed by atoms with Crippen LogP contribution in [0.1, 0.15) is 51.0 Å². The average molecular weight is 217 g/mol. The van der Waals surface area contributed by atoms with E-state index in [1.54, 1.807) is 0 Å². The van der Waals surface area contributed by atoms with E-state index in [2.05, 4.69) is 49.9 Å². The quantitative estimate of drug-likeness (QED) is 0.771. The summed E-state index contributed by atoms with van der Waals surface area (Å²) in [5.41, 5.74) is 3.21. The topological polar surface area (TPSA) is 30.7 Å². The molecule has 3 nitrogen and oxygen atoms in total. The van der Waals surface area contributed by atoms with Gasteiger partial charge in [-0.05, 0) is 38.8 Å². The maximum Gasteiger partial charge on any atom is 0.158 e. The average Bonchev–Trinajstić information content (AvgIpc) is 2.56. The molecule has 0 N–H and O–H groups in total. The predicted octanol–water partition coefficient (Wildman–Crippen LogP) is 3.44. The van der Waals surface area contributed by atoms with Crippen LogP contribution in [0.5, 0.6) is 0 Å². The van der Waals surface area contributed by atoms with Gasteiger partial charge < -0.3 is 0 Å². The first-order chi connectivity index (χ1) is 7.50. The molecule has 0 saturated carbocycles. The zero-order valence-corrected chi connectivity index (χ0v) is 10.7. The van der Waals surface area contributed by atoms with Crippen molar-refractivity contribution >= 4 is 11.0 Å². The molecule has 0 aliphatic heterocycles. The lowest BCUT2D eigenvalue weighted by Crippen LogP contribution is -2.04. The number of pyridine rings is 1. The van der Waals surface area contributed by atoms with Crippen LogP contribution in [-0.2, 0) is 0 Å². The van der Waals surface area contributed by atoms with Crippen LogP contribution in [-0.4, -0.2) is 14.8 Å². The highest BCUT2D eigenvalue weighted by molar-refractivity contribution is 5.79. The smallest absolute Gasteiger partial charge is 0.158 e. The maximum atomic E-state index is 4.68. The van der Waals surface area contributed by atoms with Gasteiger partial charge >= 0.3 is 0 Å². The van der Waals surface area contributed by atoms with Gasteiger partial charge in [0.15, 0.2) is 5.65 Å². The SMILES string of the molecule is Cc1ccc2c(C(C)C)nn(C(C)C)c2n1. The summed E-state index contributed by atoms with van der Waals surface area (Å²) in [6.07, 6.45) is 0. The number of aryl methyl sites for hydroxylation is 1. The molecule has 0 unspecified atom stereocenters. The van der Waals surface area contributed by atoms with Crippen molar-refractivity contribution in [3.05, 3.63) is 23.5 Å². The standard InChI is InChI=1S/C13H19N3/c1-8(2)12-11-7-6-10(5)14-13(11)16(15-12)9(3)4/h6-9H,1-5H3. The van der Waals surface area contributed by atoms with Crippen molar-refractivity contribution in [2.45, 2.75) is 46.6 Å². The van der Waals surface area contributed by atoms with Crippen LogP contribution in [0.3, 0.4) is 0 Å². The molecule has 2 heterocycles. The molecule has 16 heavy (non-hydrogen) atoms. The van der Waals surface area contributed by atoms with Crippen molar-refractivity contribution in [2.75, 3.05) is 0 Å². The van der Waals surface area contributed by atoms with Crippen LogP contribution in [0, 0.1) is 6.92 Å². The van der Waals surface area contributed by atoms with E-state index >= 15 is 0 Å². The number of hydrogen-bond donors (Lipinski definition) is 0. The third-order valence-electron chi connectivity index (χ3n) is 2.76. The summed E-state index contributed by atoms with van der Waals surface area (Å²) in [5.74, 6) is 0.437. The van der Waals surface area contributed by atoms with Crippen molar-refractivity contribution in [1.82, 2.24) is 14.8 Å². The van der Waals surface area contributed by atoms with Gasteiger partial charge in [-0.3, -0.25) is 0 Å². The molecule has 2 aromatic rings. The van der Waals surface area contributed by atoms with E-state index < -0.39 is 0 Å². The van der Waals surface area contributed by atoms with Gasteiger partial charge in [0.2, 0.25) is 0 Å². The van der Waals surface area contributed by atoms with Gasteiger partial charge in [0.25, 0.3) is 0 Å². The lowest BCUT2D eigenvalue weighted by Gasteiger charge is -2.06. The molecule has 86 valence electrons. The molecule has 2 aromatic heterocycles.